The van der Waals surface area contributed by atoms with Crippen molar-refractivity contribution in [3.05, 3.63) is 21.3 Å². The van der Waals surface area contributed by atoms with Crippen LogP contribution in [0.4, 0.5) is 0 Å². The lowest BCUT2D eigenvalue weighted by Gasteiger charge is -2.27. The van der Waals surface area contributed by atoms with E-state index in [0.717, 1.165) is 50.7 Å². The first-order valence-electron chi connectivity index (χ1n) is 6.67. The molecular weight excluding hydrogens is 282 g/mol. The maximum atomic E-state index is 11.7. The Labute approximate surface area is 123 Å². The number of piperazine rings is 1. The Morgan fingerprint density at radius 3 is 2.95 bits per heavy atom. The SMILES string of the molecule is O=C(CCc1cc(Cl)cs1)NCCN1CCNCC1. The molecule has 1 saturated heterocycles. The van der Waals surface area contributed by atoms with E-state index in [1.165, 1.54) is 4.88 Å². The van der Waals surface area contributed by atoms with Gasteiger partial charge in [0.15, 0.2) is 0 Å². The van der Waals surface area contributed by atoms with Gasteiger partial charge in [0, 0.05) is 55.9 Å². The van der Waals surface area contributed by atoms with Gasteiger partial charge < -0.3 is 10.6 Å². The van der Waals surface area contributed by atoms with Crippen LogP contribution >= 0.6 is 22.9 Å². The molecule has 1 aromatic heterocycles. The Kier molecular flexibility index (Phi) is 6.10. The molecule has 1 aromatic rings. The van der Waals surface area contributed by atoms with Crippen molar-refractivity contribution in [3.63, 3.8) is 0 Å². The first kappa shape index (κ1) is 14.8. The predicted molar refractivity (Wildman–Crippen MR) is 80.0 cm³/mol. The van der Waals surface area contributed by atoms with Crippen molar-refractivity contribution >= 4 is 28.8 Å². The summed E-state index contributed by atoms with van der Waals surface area (Å²) in [5.41, 5.74) is 0. The Hall–Kier alpha value is -0.620. The molecule has 1 amide bonds. The third-order valence-electron chi connectivity index (χ3n) is 3.18. The van der Waals surface area contributed by atoms with Crippen LogP contribution in [0.15, 0.2) is 11.4 Å². The molecule has 0 radical (unpaired) electrons. The number of thiophene rings is 1. The van der Waals surface area contributed by atoms with Crippen molar-refractivity contribution in [1.82, 2.24) is 15.5 Å². The number of amides is 1. The van der Waals surface area contributed by atoms with Crippen molar-refractivity contribution in [2.75, 3.05) is 39.3 Å². The van der Waals surface area contributed by atoms with Crippen LogP contribution in [0.3, 0.4) is 0 Å². The summed E-state index contributed by atoms with van der Waals surface area (Å²) in [4.78, 5) is 15.2. The van der Waals surface area contributed by atoms with E-state index >= 15 is 0 Å². The maximum Gasteiger partial charge on any atom is 0.220 e. The predicted octanol–water partition coefficient (Wildman–Crippen LogP) is 1.36. The highest BCUT2D eigenvalue weighted by molar-refractivity contribution is 7.10. The van der Waals surface area contributed by atoms with Crippen LogP contribution in [0.25, 0.3) is 0 Å². The quantitative estimate of drug-likeness (QED) is 0.834. The van der Waals surface area contributed by atoms with Crippen LogP contribution in [0.1, 0.15) is 11.3 Å². The summed E-state index contributed by atoms with van der Waals surface area (Å²) in [5.74, 6) is 0.125. The molecule has 0 saturated carbocycles. The van der Waals surface area contributed by atoms with Crippen LogP contribution in [0.5, 0.6) is 0 Å². The molecule has 0 aromatic carbocycles. The number of rotatable bonds is 6. The molecule has 1 aliphatic heterocycles. The zero-order valence-corrected chi connectivity index (χ0v) is 12.5. The first-order chi connectivity index (χ1) is 9.24. The summed E-state index contributed by atoms with van der Waals surface area (Å²) in [5, 5.41) is 8.96. The molecular formula is C13H20ClN3OS. The lowest BCUT2D eigenvalue weighted by Crippen LogP contribution is -2.46. The molecule has 2 rings (SSSR count). The number of nitrogens with zero attached hydrogens (tertiary/aromatic N) is 1. The minimum atomic E-state index is 0.125. The summed E-state index contributed by atoms with van der Waals surface area (Å²) in [6.07, 6.45) is 1.31. The highest BCUT2D eigenvalue weighted by atomic mass is 35.5. The van der Waals surface area contributed by atoms with E-state index in [2.05, 4.69) is 15.5 Å². The molecule has 19 heavy (non-hydrogen) atoms. The van der Waals surface area contributed by atoms with Gasteiger partial charge in [-0.25, -0.2) is 0 Å². The zero-order valence-electron chi connectivity index (χ0n) is 11.0. The van der Waals surface area contributed by atoms with E-state index < -0.39 is 0 Å². The van der Waals surface area contributed by atoms with Crippen molar-refractivity contribution < 1.29 is 4.79 Å². The minimum Gasteiger partial charge on any atom is -0.355 e. The van der Waals surface area contributed by atoms with Crippen molar-refractivity contribution in [3.8, 4) is 0 Å². The summed E-state index contributed by atoms with van der Waals surface area (Å²) in [7, 11) is 0. The van der Waals surface area contributed by atoms with Gasteiger partial charge in [-0.1, -0.05) is 11.6 Å². The summed E-state index contributed by atoms with van der Waals surface area (Å²) in [6, 6.07) is 1.93. The lowest BCUT2D eigenvalue weighted by molar-refractivity contribution is -0.121. The second-order valence-corrected chi connectivity index (χ2v) is 6.11. The maximum absolute atomic E-state index is 11.7. The molecule has 4 nitrogen and oxygen atoms in total. The number of carbonyl (C=O) groups excluding carboxylic acids is 1. The second kappa shape index (κ2) is 7.85. The van der Waals surface area contributed by atoms with Crippen LogP contribution in [0, 0.1) is 0 Å². The molecule has 6 heteroatoms. The van der Waals surface area contributed by atoms with Gasteiger partial charge in [-0.2, -0.15) is 0 Å². The summed E-state index contributed by atoms with van der Waals surface area (Å²) >= 11 is 7.46. The van der Waals surface area contributed by atoms with Crippen molar-refractivity contribution in [2.45, 2.75) is 12.8 Å². The number of hydrogen-bond acceptors (Lipinski definition) is 4. The Morgan fingerprint density at radius 2 is 2.26 bits per heavy atom. The highest BCUT2D eigenvalue weighted by Crippen LogP contribution is 2.20. The molecule has 0 spiro atoms. The van der Waals surface area contributed by atoms with E-state index in [9.17, 15) is 4.79 Å². The minimum absolute atomic E-state index is 0.125. The number of aryl methyl sites for hydroxylation is 1. The third kappa shape index (κ3) is 5.48. The zero-order chi connectivity index (χ0) is 13.5. The normalized spacial score (nSPS) is 16.5. The van der Waals surface area contributed by atoms with Gasteiger partial charge in [-0.05, 0) is 12.5 Å². The molecule has 0 atom stereocenters. The average molecular weight is 302 g/mol. The fourth-order valence-electron chi connectivity index (χ4n) is 2.10. The van der Waals surface area contributed by atoms with E-state index in [0.29, 0.717) is 6.42 Å². The molecule has 1 fully saturated rings. The van der Waals surface area contributed by atoms with Gasteiger partial charge in [0.2, 0.25) is 5.91 Å². The lowest BCUT2D eigenvalue weighted by atomic mass is 10.2. The molecule has 0 bridgehead atoms. The third-order valence-corrected chi connectivity index (χ3v) is 4.52. The molecule has 106 valence electrons. The summed E-state index contributed by atoms with van der Waals surface area (Å²) in [6.45, 7) is 5.93. The van der Waals surface area contributed by atoms with Crippen LogP contribution in [-0.2, 0) is 11.2 Å². The molecule has 2 N–H and O–H groups in total. The standard InChI is InChI=1S/C13H20ClN3OS/c14-11-9-12(19-10-11)1-2-13(18)16-5-8-17-6-3-15-4-7-17/h9-10,15H,1-8H2,(H,16,18). The number of nitrogens with one attached hydrogen (secondary N) is 2. The Bertz CT molecular complexity index is 404. The smallest absolute Gasteiger partial charge is 0.220 e. The second-order valence-electron chi connectivity index (χ2n) is 4.67. The molecule has 0 aliphatic carbocycles. The van der Waals surface area contributed by atoms with Gasteiger partial charge in [0.25, 0.3) is 0 Å². The molecule has 2 heterocycles. The Balaban J connectivity index is 1.56. The van der Waals surface area contributed by atoms with E-state index in [-0.39, 0.29) is 5.91 Å². The fraction of sp³-hybridized carbons (Fsp3) is 0.615. The van der Waals surface area contributed by atoms with E-state index in [1.807, 2.05) is 11.4 Å². The first-order valence-corrected chi connectivity index (χ1v) is 7.92. The Morgan fingerprint density at radius 1 is 1.47 bits per heavy atom. The van der Waals surface area contributed by atoms with Crippen LogP contribution in [-0.4, -0.2) is 50.1 Å². The summed E-state index contributed by atoms with van der Waals surface area (Å²) < 4.78 is 0. The van der Waals surface area contributed by atoms with Crippen LogP contribution in [0.2, 0.25) is 5.02 Å². The van der Waals surface area contributed by atoms with Gasteiger partial charge >= 0.3 is 0 Å². The van der Waals surface area contributed by atoms with Gasteiger partial charge in [0.05, 0.1) is 5.02 Å². The largest absolute Gasteiger partial charge is 0.355 e. The van der Waals surface area contributed by atoms with E-state index in [1.54, 1.807) is 11.3 Å². The highest BCUT2D eigenvalue weighted by Gasteiger charge is 2.09. The van der Waals surface area contributed by atoms with Gasteiger partial charge in [-0.15, -0.1) is 11.3 Å². The fourth-order valence-corrected chi connectivity index (χ4v) is 3.18. The van der Waals surface area contributed by atoms with Gasteiger partial charge in [0.1, 0.15) is 0 Å². The molecule has 0 unspecified atom stereocenters. The average Bonchev–Trinajstić information content (AvgIpc) is 2.83. The van der Waals surface area contributed by atoms with Crippen molar-refractivity contribution in [1.29, 1.82) is 0 Å². The van der Waals surface area contributed by atoms with Crippen LogP contribution < -0.4 is 10.6 Å². The van der Waals surface area contributed by atoms with E-state index in [4.69, 9.17) is 11.6 Å². The van der Waals surface area contributed by atoms with Crippen molar-refractivity contribution in [2.24, 2.45) is 0 Å². The number of hydrogen-bond donors (Lipinski definition) is 2. The monoisotopic (exact) mass is 301 g/mol. The molecule has 1 aliphatic rings. The van der Waals surface area contributed by atoms with Gasteiger partial charge in [-0.3, -0.25) is 9.69 Å². The number of carbonyl (C=O) groups is 1. The topological polar surface area (TPSA) is 44.4 Å². The number of halogens is 1.